The maximum Gasteiger partial charge on any atom is 0.229 e. The van der Waals surface area contributed by atoms with Crippen molar-refractivity contribution in [3.05, 3.63) is 23.5 Å². The van der Waals surface area contributed by atoms with Crippen LogP contribution in [0.2, 0.25) is 0 Å². The topological polar surface area (TPSA) is 84.2 Å². The number of aromatic nitrogens is 3. The van der Waals surface area contributed by atoms with Gasteiger partial charge in [0.1, 0.15) is 10.8 Å². The lowest BCUT2D eigenvalue weighted by atomic mass is 9.83. The molecule has 170 valence electrons. The fraction of sp³-hybridized carbons (Fsp3) is 0.652. The first-order valence-corrected chi connectivity index (χ1v) is 12.4. The van der Waals surface area contributed by atoms with E-state index in [1.54, 1.807) is 0 Å². The third-order valence-corrected chi connectivity index (χ3v) is 8.15. The van der Waals surface area contributed by atoms with E-state index in [1.807, 2.05) is 19.2 Å². The van der Waals surface area contributed by atoms with Gasteiger partial charge in [0, 0.05) is 57.1 Å². The van der Waals surface area contributed by atoms with Crippen molar-refractivity contribution in [2.24, 2.45) is 5.92 Å². The van der Waals surface area contributed by atoms with Crippen molar-refractivity contribution >= 4 is 28.3 Å². The molecule has 0 aromatic carbocycles. The van der Waals surface area contributed by atoms with Crippen LogP contribution in [-0.4, -0.2) is 75.0 Å². The van der Waals surface area contributed by atoms with E-state index in [4.69, 9.17) is 4.98 Å². The Morgan fingerprint density at radius 3 is 2.62 bits per heavy atom. The highest BCUT2D eigenvalue weighted by Crippen LogP contribution is 2.38. The molecule has 2 aromatic rings. The van der Waals surface area contributed by atoms with E-state index in [1.165, 1.54) is 24.4 Å². The van der Waals surface area contributed by atoms with Crippen LogP contribution in [0, 0.1) is 31.1 Å². The molecule has 32 heavy (non-hydrogen) atoms. The first-order chi connectivity index (χ1) is 15.5. The zero-order chi connectivity index (χ0) is 22.3. The molecule has 2 aliphatic heterocycles. The highest BCUT2D eigenvalue weighted by Gasteiger charge is 2.49. The van der Waals surface area contributed by atoms with Crippen LogP contribution in [0.3, 0.4) is 0 Å². The summed E-state index contributed by atoms with van der Waals surface area (Å²) in [5.74, 6) is 2.46. The molecule has 1 aliphatic carbocycles. The van der Waals surface area contributed by atoms with Crippen molar-refractivity contribution in [2.45, 2.75) is 51.6 Å². The Balaban J connectivity index is 1.25. The first kappa shape index (κ1) is 21.6. The number of hydrogen-bond acceptors (Lipinski definition) is 9. The molecule has 5 rings (SSSR count). The molecule has 8 nitrogen and oxygen atoms in total. The zero-order valence-corrected chi connectivity index (χ0v) is 20.0. The molecule has 0 radical (unpaired) electrons. The van der Waals surface area contributed by atoms with Gasteiger partial charge in [-0.2, -0.15) is 14.6 Å². The molecule has 9 heteroatoms. The lowest BCUT2D eigenvalue weighted by Crippen LogP contribution is -2.73. The van der Waals surface area contributed by atoms with Gasteiger partial charge in [0.25, 0.3) is 0 Å². The number of nitrogens with zero attached hydrogens (tertiary/aromatic N) is 7. The molecule has 1 atom stereocenters. The molecule has 3 fully saturated rings. The monoisotopic (exact) mass is 452 g/mol. The van der Waals surface area contributed by atoms with E-state index in [-0.39, 0.29) is 5.54 Å². The van der Waals surface area contributed by atoms with Crippen LogP contribution in [0.1, 0.15) is 37.4 Å². The smallest absolute Gasteiger partial charge is 0.229 e. The van der Waals surface area contributed by atoms with Crippen molar-refractivity contribution in [1.29, 1.82) is 5.26 Å². The summed E-state index contributed by atoms with van der Waals surface area (Å²) in [5, 5.41) is 13.8. The normalized spacial score (nSPS) is 22.2. The minimum Gasteiger partial charge on any atom is -0.352 e. The molecule has 3 aliphatic rings. The molecular formula is C23H32N8S. The fourth-order valence-corrected chi connectivity index (χ4v) is 5.87. The predicted octanol–water partition coefficient (Wildman–Crippen LogP) is 3.18. The molecule has 0 bridgehead atoms. The van der Waals surface area contributed by atoms with Gasteiger partial charge in [-0.1, -0.05) is 0 Å². The van der Waals surface area contributed by atoms with E-state index < -0.39 is 0 Å². The van der Waals surface area contributed by atoms with E-state index in [0.29, 0.717) is 18.4 Å². The number of anilines is 3. The number of nitriles is 1. The third-order valence-electron chi connectivity index (χ3n) is 7.35. The van der Waals surface area contributed by atoms with Gasteiger partial charge in [-0.3, -0.25) is 9.80 Å². The predicted molar refractivity (Wildman–Crippen MR) is 127 cm³/mol. The number of rotatable bonds is 7. The summed E-state index contributed by atoms with van der Waals surface area (Å²) in [4.78, 5) is 16.8. The minimum absolute atomic E-state index is 0.0660. The van der Waals surface area contributed by atoms with Crippen molar-refractivity contribution in [3.63, 3.8) is 0 Å². The quantitative estimate of drug-likeness (QED) is 0.686. The fourth-order valence-electron chi connectivity index (χ4n) is 5.21. The van der Waals surface area contributed by atoms with Crippen molar-refractivity contribution in [1.82, 2.24) is 24.1 Å². The lowest BCUT2D eigenvalue weighted by Gasteiger charge is -2.57. The summed E-state index contributed by atoms with van der Waals surface area (Å²) in [7, 11) is 0. The highest BCUT2D eigenvalue weighted by atomic mass is 32.1. The van der Waals surface area contributed by atoms with Crippen LogP contribution in [0.25, 0.3) is 0 Å². The average molecular weight is 453 g/mol. The van der Waals surface area contributed by atoms with Crippen LogP contribution in [0.15, 0.2) is 12.3 Å². The van der Waals surface area contributed by atoms with E-state index in [9.17, 15) is 5.26 Å². The van der Waals surface area contributed by atoms with E-state index in [2.05, 4.69) is 49.3 Å². The van der Waals surface area contributed by atoms with Crippen LogP contribution in [0.4, 0.5) is 16.8 Å². The third kappa shape index (κ3) is 4.19. The molecule has 1 unspecified atom stereocenters. The summed E-state index contributed by atoms with van der Waals surface area (Å²) in [5.41, 5.74) is 1.98. The van der Waals surface area contributed by atoms with E-state index in [0.717, 1.165) is 67.3 Å². The summed E-state index contributed by atoms with van der Waals surface area (Å²) < 4.78 is 4.31. The van der Waals surface area contributed by atoms with Gasteiger partial charge in [-0.15, -0.1) is 0 Å². The molecular weight excluding hydrogens is 420 g/mol. The largest absolute Gasteiger partial charge is 0.352 e. The number of piperazine rings is 1. The van der Waals surface area contributed by atoms with Crippen LogP contribution in [-0.2, 0) is 0 Å². The summed E-state index contributed by atoms with van der Waals surface area (Å²) in [6.07, 6.45) is 5.23. The maximum absolute atomic E-state index is 9.59. The van der Waals surface area contributed by atoms with Crippen molar-refractivity contribution < 1.29 is 0 Å². The van der Waals surface area contributed by atoms with Gasteiger partial charge >= 0.3 is 0 Å². The Morgan fingerprint density at radius 2 is 2.00 bits per heavy atom. The zero-order valence-electron chi connectivity index (χ0n) is 19.2. The molecule has 0 amide bonds. The first-order valence-electron chi connectivity index (χ1n) is 11.6. The molecule has 0 spiro atoms. The Morgan fingerprint density at radius 1 is 1.25 bits per heavy atom. The second kappa shape index (κ2) is 8.58. The van der Waals surface area contributed by atoms with E-state index >= 15 is 0 Å². The Kier molecular flexibility index (Phi) is 5.78. The minimum atomic E-state index is -0.0660. The van der Waals surface area contributed by atoms with Gasteiger partial charge in [0.15, 0.2) is 0 Å². The number of aryl methyl sites for hydroxylation is 2. The van der Waals surface area contributed by atoms with Gasteiger partial charge in [-0.05, 0) is 57.1 Å². The SMILES string of the molecule is Cc1cc(Nc2ncc(C)c(N3CC(CC#N)(N4CCN(C(C)C5CC5)CC4)C3)n2)sn1. The summed E-state index contributed by atoms with van der Waals surface area (Å²) >= 11 is 1.41. The second-order valence-electron chi connectivity index (χ2n) is 9.67. The summed E-state index contributed by atoms with van der Waals surface area (Å²) in [6, 6.07) is 5.18. The molecule has 4 heterocycles. The van der Waals surface area contributed by atoms with Crippen LogP contribution in [0.5, 0.6) is 0 Å². The van der Waals surface area contributed by atoms with Gasteiger partial charge in [0.05, 0.1) is 23.7 Å². The maximum atomic E-state index is 9.59. The average Bonchev–Trinajstić information content (AvgIpc) is 3.54. The molecule has 1 saturated carbocycles. The molecule has 2 aromatic heterocycles. The number of nitrogens with one attached hydrogen (secondary N) is 1. The standard InChI is InChI=1S/C23H32N8S/c1-16-13-25-22(26-20-12-17(2)28-32-20)27-21(16)30-14-23(15-30,6-7-24)31-10-8-29(9-11-31)18(3)19-4-5-19/h12-13,18-19H,4-6,8-11,14-15H2,1-3H3,(H,25,26,27). The Labute approximate surface area is 194 Å². The summed E-state index contributed by atoms with van der Waals surface area (Å²) in [6.45, 7) is 12.4. The van der Waals surface area contributed by atoms with Crippen LogP contribution >= 0.6 is 11.5 Å². The Bertz CT molecular complexity index is 996. The van der Waals surface area contributed by atoms with Gasteiger partial charge < -0.3 is 10.2 Å². The second-order valence-corrected chi connectivity index (χ2v) is 10.5. The van der Waals surface area contributed by atoms with Gasteiger partial charge in [0.2, 0.25) is 5.95 Å². The lowest BCUT2D eigenvalue weighted by molar-refractivity contribution is 0.00233. The Hall–Kier alpha value is -2.28. The molecule has 1 N–H and O–H groups in total. The molecule has 2 saturated heterocycles. The number of hydrogen-bond donors (Lipinski definition) is 1. The van der Waals surface area contributed by atoms with Crippen molar-refractivity contribution in [2.75, 3.05) is 49.5 Å². The van der Waals surface area contributed by atoms with Crippen molar-refractivity contribution in [3.8, 4) is 6.07 Å². The van der Waals surface area contributed by atoms with Gasteiger partial charge in [-0.25, -0.2) is 4.98 Å². The highest BCUT2D eigenvalue weighted by molar-refractivity contribution is 7.10. The van der Waals surface area contributed by atoms with Crippen LogP contribution < -0.4 is 10.2 Å².